The van der Waals surface area contributed by atoms with Gasteiger partial charge in [-0.15, -0.1) is 0 Å². The van der Waals surface area contributed by atoms with Crippen LogP contribution in [0.2, 0.25) is 5.02 Å². The molecule has 0 saturated heterocycles. The molecule has 0 bridgehead atoms. The fourth-order valence-electron chi connectivity index (χ4n) is 3.26. The third-order valence-corrected chi connectivity index (χ3v) is 6.70. The fourth-order valence-corrected chi connectivity index (χ4v) is 4.80. The molecule has 0 atom stereocenters. The van der Waals surface area contributed by atoms with E-state index in [2.05, 4.69) is 10.0 Å². The molecular weight excluding hydrogens is 384 g/mol. The number of benzene rings is 2. The number of halogens is 1. The molecule has 1 fully saturated rings. The molecule has 0 radical (unpaired) electrons. The highest BCUT2D eigenvalue weighted by Crippen LogP contribution is 2.25. The Morgan fingerprint density at radius 3 is 2.48 bits per heavy atom. The van der Waals surface area contributed by atoms with E-state index in [1.165, 1.54) is 25.0 Å². The summed E-state index contributed by atoms with van der Waals surface area (Å²) in [5, 5.41) is 2.99. The van der Waals surface area contributed by atoms with Gasteiger partial charge in [-0.1, -0.05) is 54.8 Å². The highest BCUT2D eigenvalue weighted by Gasteiger charge is 2.21. The maximum absolute atomic E-state index is 12.6. The molecule has 27 heavy (non-hydrogen) atoms. The number of nitrogens with one attached hydrogen (secondary N) is 2. The monoisotopic (exact) mass is 406 g/mol. The third kappa shape index (κ3) is 5.31. The maximum Gasteiger partial charge on any atom is 0.251 e. The predicted molar refractivity (Wildman–Crippen MR) is 106 cm³/mol. The van der Waals surface area contributed by atoms with Crippen LogP contribution in [0.1, 0.15) is 41.6 Å². The zero-order chi connectivity index (χ0) is 19.3. The predicted octanol–water partition coefficient (Wildman–Crippen LogP) is 3.74. The Morgan fingerprint density at radius 2 is 1.78 bits per heavy atom. The summed E-state index contributed by atoms with van der Waals surface area (Å²) < 4.78 is 27.8. The van der Waals surface area contributed by atoms with Gasteiger partial charge in [0.2, 0.25) is 10.0 Å². The molecule has 2 N–H and O–H groups in total. The summed E-state index contributed by atoms with van der Waals surface area (Å²) in [4.78, 5) is 12.3. The SMILES string of the molecule is O=C(NCC1CCCC1)c1ccc(Cl)c(S(=O)(=O)NCc2ccccc2)c1. The van der Waals surface area contributed by atoms with Crippen molar-refractivity contribution < 1.29 is 13.2 Å². The van der Waals surface area contributed by atoms with Crippen LogP contribution in [0.4, 0.5) is 0 Å². The van der Waals surface area contributed by atoms with Gasteiger partial charge in [0.15, 0.2) is 0 Å². The number of carbonyl (C=O) groups excluding carboxylic acids is 1. The van der Waals surface area contributed by atoms with Gasteiger partial charge in [-0.3, -0.25) is 4.79 Å². The van der Waals surface area contributed by atoms with Crippen LogP contribution in [0.25, 0.3) is 0 Å². The normalized spacial score (nSPS) is 15.0. The molecular formula is C20H23ClN2O3S. The summed E-state index contributed by atoms with van der Waals surface area (Å²) in [5.74, 6) is 0.232. The number of carbonyl (C=O) groups is 1. The van der Waals surface area contributed by atoms with Crippen molar-refractivity contribution in [1.82, 2.24) is 10.0 Å². The Balaban J connectivity index is 1.70. The molecule has 1 aliphatic carbocycles. The molecule has 0 spiro atoms. The van der Waals surface area contributed by atoms with Gasteiger partial charge in [0.25, 0.3) is 5.91 Å². The number of rotatable bonds is 7. The molecule has 2 aromatic rings. The van der Waals surface area contributed by atoms with Crippen LogP contribution in [0.15, 0.2) is 53.4 Å². The lowest BCUT2D eigenvalue weighted by molar-refractivity contribution is 0.0947. The number of hydrogen-bond acceptors (Lipinski definition) is 3. The second kappa shape index (κ2) is 8.87. The van der Waals surface area contributed by atoms with Crippen LogP contribution in [0, 0.1) is 5.92 Å². The second-order valence-electron chi connectivity index (χ2n) is 6.82. The van der Waals surface area contributed by atoms with Crippen LogP contribution in [-0.2, 0) is 16.6 Å². The smallest absolute Gasteiger partial charge is 0.251 e. The summed E-state index contributed by atoms with van der Waals surface area (Å²) in [6.45, 7) is 0.771. The first-order valence-electron chi connectivity index (χ1n) is 9.07. The molecule has 0 aliphatic heterocycles. The third-order valence-electron chi connectivity index (χ3n) is 4.82. The van der Waals surface area contributed by atoms with E-state index in [1.807, 2.05) is 30.3 Å². The van der Waals surface area contributed by atoms with E-state index in [0.717, 1.165) is 18.4 Å². The Morgan fingerprint density at radius 1 is 1.07 bits per heavy atom. The molecule has 1 aliphatic rings. The lowest BCUT2D eigenvalue weighted by Gasteiger charge is -2.12. The molecule has 2 aromatic carbocycles. The second-order valence-corrected chi connectivity index (χ2v) is 8.96. The minimum Gasteiger partial charge on any atom is -0.352 e. The van der Waals surface area contributed by atoms with E-state index in [-0.39, 0.29) is 27.9 Å². The standard InChI is InChI=1S/C20H23ClN2O3S/c21-18-11-10-17(20(24)22-13-15-8-4-5-9-15)12-19(18)27(25,26)23-14-16-6-2-1-3-7-16/h1-3,6-7,10-12,15,23H,4-5,8-9,13-14H2,(H,22,24). The van der Waals surface area contributed by atoms with E-state index < -0.39 is 10.0 Å². The molecule has 0 heterocycles. The first-order chi connectivity index (χ1) is 13.0. The summed E-state index contributed by atoms with van der Waals surface area (Å²) in [7, 11) is -3.84. The van der Waals surface area contributed by atoms with Gasteiger partial charge >= 0.3 is 0 Å². The molecule has 7 heteroatoms. The van der Waals surface area contributed by atoms with Gasteiger partial charge in [-0.05, 0) is 42.5 Å². The van der Waals surface area contributed by atoms with E-state index in [1.54, 1.807) is 6.07 Å². The van der Waals surface area contributed by atoms with Crippen molar-refractivity contribution in [1.29, 1.82) is 0 Å². The van der Waals surface area contributed by atoms with Crippen molar-refractivity contribution in [2.75, 3.05) is 6.54 Å². The van der Waals surface area contributed by atoms with E-state index in [4.69, 9.17) is 11.6 Å². The Kier molecular flexibility index (Phi) is 6.52. The number of sulfonamides is 1. The van der Waals surface area contributed by atoms with Crippen molar-refractivity contribution in [2.24, 2.45) is 5.92 Å². The van der Waals surface area contributed by atoms with Crippen LogP contribution in [0.3, 0.4) is 0 Å². The topological polar surface area (TPSA) is 75.3 Å². The summed E-state index contributed by atoms with van der Waals surface area (Å²) >= 11 is 6.10. The van der Waals surface area contributed by atoms with E-state index in [9.17, 15) is 13.2 Å². The molecule has 1 saturated carbocycles. The highest BCUT2D eigenvalue weighted by molar-refractivity contribution is 7.89. The molecule has 5 nitrogen and oxygen atoms in total. The molecule has 3 rings (SSSR count). The first kappa shape index (κ1) is 19.9. The van der Waals surface area contributed by atoms with Crippen molar-refractivity contribution in [2.45, 2.75) is 37.1 Å². The minimum absolute atomic E-state index is 0.0860. The van der Waals surface area contributed by atoms with Gasteiger partial charge < -0.3 is 5.32 Å². The summed E-state index contributed by atoms with van der Waals surface area (Å²) in [6, 6.07) is 13.5. The van der Waals surface area contributed by atoms with Gasteiger partial charge in [0.1, 0.15) is 4.90 Å². The van der Waals surface area contributed by atoms with Crippen molar-refractivity contribution in [3.05, 3.63) is 64.7 Å². The molecule has 1 amide bonds. The van der Waals surface area contributed by atoms with Crippen LogP contribution in [0.5, 0.6) is 0 Å². The van der Waals surface area contributed by atoms with Gasteiger partial charge in [-0.25, -0.2) is 13.1 Å². The lowest BCUT2D eigenvalue weighted by Crippen LogP contribution is -2.29. The summed E-state index contributed by atoms with van der Waals surface area (Å²) in [5.41, 5.74) is 1.13. The van der Waals surface area contributed by atoms with Crippen LogP contribution in [-0.4, -0.2) is 20.9 Å². The molecule has 144 valence electrons. The number of amides is 1. The Labute approximate surface area is 165 Å². The van der Waals surface area contributed by atoms with E-state index >= 15 is 0 Å². The highest BCUT2D eigenvalue weighted by atomic mass is 35.5. The van der Waals surface area contributed by atoms with Gasteiger partial charge in [0, 0.05) is 18.7 Å². The zero-order valence-electron chi connectivity index (χ0n) is 14.9. The van der Waals surface area contributed by atoms with Gasteiger partial charge in [0.05, 0.1) is 5.02 Å². The Hall–Kier alpha value is -1.89. The lowest BCUT2D eigenvalue weighted by atomic mass is 10.1. The van der Waals surface area contributed by atoms with Crippen molar-refractivity contribution in [3.63, 3.8) is 0 Å². The quantitative estimate of drug-likeness (QED) is 0.735. The zero-order valence-corrected chi connectivity index (χ0v) is 16.5. The molecule has 0 aromatic heterocycles. The first-order valence-corrected chi connectivity index (χ1v) is 10.9. The average molecular weight is 407 g/mol. The Bertz CT molecular complexity index is 895. The average Bonchev–Trinajstić information content (AvgIpc) is 3.19. The van der Waals surface area contributed by atoms with E-state index in [0.29, 0.717) is 12.5 Å². The van der Waals surface area contributed by atoms with Crippen molar-refractivity contribution in [3.8, 4) is 0 Å². The van der Waals surface area contributed by atoms with Crippen LogP contribution >= 0.6 is 11.6 Å². The largest absolute Gasteiger partial charge is 0.352 e. The van der Waals surface area contributed by atoms with Gasteiger partial charge in [-0.2, -0.15) is 0 Å². The summed E-state index contributed by atoms with van der Waals surface area (Å²) in [6.07, 6.45) is 4.67. The van der Waals surface area contributed by atoms with Crippen LogP contribution < -0.4 is 10.0 Å². The maximum atomic E-state index is 12.6. The minimum atomic E-state index is -3.84. The van der Waals surface area contributed by atoms with Crippen molar-refractivity contribution >= 4 is 27.5 Å². The fraction of sp³-hybridized carbons (Fsp3) is 0.350. The number of hydrogen-bond donors (Lipinski definition) is 2. The molecule has 0 unspecified atom stereocenters.